The first-order valence-corrected chi connectivity index (χ1v) is 10.9. The lowest BCUT2D eigenvalue weighted by atomic mass is 9.97. The minimum absolute atomic E-state index is 0.0115. The van der Waals surface area contributed by atoms with Gasteiger partial charge in [-0.15, -0.1) is 5.10 Å². The number of fused-ring (bicyclic) bond motifs is 1. The van der Waals surface area contributed by atoms with E-state index in [9.17, 15) is 18.7 Å². The Morgan fingerprint density at radius 3 is 2.62 bits per heavy atom. The normalized spacial score (nSPS) is 13.1. The number of aliphatic hydroxyl groups excluding tert-OH is 1. The largest absolute Gasteiger partial charge is 0.388 e. The number of rotatable bonds is 6. The molecule has 0 radical (unpaired) electrons. The van der Waals surface area contributed by atoms with Crippen molar-refractivity contribution in [2.45, 2.75) is 32.4 Å². The summed E-state index contributed by atoms with van der Waals surface area (Å²) in [5.41, 5.74) is 6.69. The topological polar surface area (TPSA) is 106 Å². The van der Waals surface area contributed by atoms with Crippen molar-refractivity contribution in [2.24, 2.45) is 0 Å². The summed E-state index contributed by atoms with van der Waals surface area (Å²) in [6.45, 7) is 3.06. The Morgan fingerprint density at radius 2 is 1.91 bits per heavy atom. The van der Waals surface area contributed by atoms with Crippen LogP contribution in [0, 0.1) is 18.6 Å². The van der Waals surface area contributed by atoms with E-state index in [1.807, 2.05) is 0 Å². The molecular weight excluding hydrogens is 464 g/mol. The smallest absolute Gasteiger partial charge is 0.251 e. The highest BCUT2D eigenvalue weighted by Gasteiger charge is 2.23. The lowest BCUT2D eigenvalue weighted by Gasteiger charge is -2.19. The first kappa shape index (κ1) is 23.6. The molecular formula is C24H22ClF2N5O2. The summed E-state index contributed by atoms with van der Waals surface area (Å²) in [4.78, 5) is 17.0. The SMILES string of the molecule is Cc1c(C(=O)N[C@H](C)C[C@H](O)c2ccc(Cl)cc2)cc(-c2ccn3nc(N)nc3c2)c(F)c1F. The Labute approximate surface area is 199 Å². The summed E-state index contributed by atoms with van der Waals surface area (Å²) >= 11 is 5.87. The predicted molar refractivity (Wildman–Crippen MR) is 125 cm³/mol. The summed E-state index contributed by atoms with van der Waals surface area (Å²) in [6, 6.07) is 10.6. The van der Waals surface area contributed by atoms with E-state index in [2.05, 4.69) is 15.4 Å². The highest BCUT2D eigenvalue weighted by molar-refractivity contribution is 6.30. The fourth-order valence-electron chi connectivity index (χ4n) is 3.75. The molecule has 2 heterocycles. The van der Waals surface area contributed by atoms with Gasteiger partial charge in [0, 0.05) is 34.0 Å². The van der Waals surface area contributed by atoms with Crippen LogP contribution in [0.1, 0.15) is 40.9 Å². The third-order valence-corrected chi connectivity index (χ3v) is 5.82. The summed E-state index contributed by atoms with van der Waals surface area (Å²) < 4.78 is 31.0. The molecule has 0 bridgehead atoms. The van der Waals surface area contributed by atoms with Crippen LogP contribution in [0.15, 0.2) is 48.7 Å². The molecule has 0 spiro atoms. The van der Waals surface area contributed by atoms with E-state index in [1.165, 1.54) is 35.8 Å². The van der Waals surface area contributed by atoms with E-state index >= 15 is 0 Å². The Balaban J connectivity index is 1.58. The zero-order valence-corrected chi connectivity index (χ0v) is 19.1. The van der Waals surface area contributed by atoms with E-state index in [1.54, 1.807) is 31.2 Å². The second-order valence-electron chi connectivity index (χ2n) is 8.09. The number of nitrogens with zero attached hydrogens (tertiary/aromatic N) is 3. The molecule has 2 aromatic carbocycles. The van der Waals surface area contributed by atoms with Crippen molar-refractivity contribution in [3.63, 3.8) is 0 Å². The van der Waals surface area contributed by atoms with Crippen LogP contribution < -0.4 is 11.1 Å². The second kappa shape index (κ2) is 9.36. The number of carbonyl (C=O) groups is 1. The molecule has 0 aliphatic rings. The second-order valence-corrected chi connectivity index (χ2v) is 8.53. The zero-order valence-electron chi connectivity index (χ0n) is 18.4. The van der Waals surface area contributed by atoms with Gasteiger partial charge in [0.05, 0.1) is 6.10 Å². The molecule has 0 unspecified atom stereocenters. The summed E-state index contributed by atoms with van der Waals surface area (Å²) in [6.07, 6.45) is 0.899. The van der Waals surface area contributed by atoms with Gasteiger partial charge in [-0.25, -0.2) is 13.3 Å². The molecule has 10 heteroatoms. The average Bonchev–Trinajstić information content (AvgIpc) is 3.17. The Bertz CT molecular complexity index is 1370. The number of halogens is 3. The average molecular weight is 486 g/mol. The van der Waals surface area contributed by atoms with Gasteiger partial charge in [0.15, 0.2) is 17.3 Å². The van der Waals surface area contributed by atoms with E-state index in [4.69, 9.17) is 17.3 Å². The van der Waals surface area contributed by atoms with Gasteiger partial charge in [-0.05, 0) is 61.7 Å². The molecule has 4 rings (SSSR count). The molecule has 0 saturated heterocycles. The van der Waals surface area contributed by atoms with Gasteiger partial charge in [0.1, 0.15) is 0 Å². The predicted octanol–water partition coefficient (Wildman–Crippen LogP) is 4.46. The lowest BCUT2D eigenvalue weighted by Crippen LogP contribution is -2.34. The number of amides is 1. The van der Waals surface area contributed by atoms with Crippen molar-refractivity contribution < 1.29 is 18.7 Å². The van der Waals surface area contributed by atoms with Gasteiger partial charge in [-0.3, -0.25) is 4.79 Å². The van der Waals surface area contributed by atoms with E-state index in [0.717, 1.165) is 0 Å². The van der Waals surface area contributed by atoms with Gasteiger partial charge in [-0.2, -0.15) is 4.98 Å². The number of nitrogens with two attached hydrogens (primary N) is 1. The number of aliphatic hydroxyl groups is 1. The van der Waals surface area contributed by atoms with Crippen molar-refractivity contribution in [1.29, 1.82) is 0 Å². The minimum Gasteiger partial charge on any atom is -0.388 e. The molecule has 7 nitrogen and oxygen atoms in total. The van der Waals surface area contributed by atoms with Crippen LogP contribution in [0.2, 0.25) is 5.02 Å². The van der Waals surface area contributed by atoms with Crippen LogP contribution in [-0.2, 0) is 0 Å². The van der Waals surface area contributed by atoms with Gasteiger partial charge >= 0.3 is 0 Å². The molecule has 4 N–H and O–H groups in total. The van der Waals surface area contributed by atoms with E-state index in [0.29, 0.717) is 21.8 Å². The number of nitrogens with one attached hydrogen (secondary N) is 1. The van der Waals surface area contributed by atoms with Crippen molar-refractivity contribution >= 4 is 29.1 Å². The standard InChI is InChI=1S/C24H22ClF2N5O2/c1-12(9-19(33)14-3-5-16(25)6-4-14)29-23(34)17-11-18(22(27)21(26)13(17)2)15-7-8-32-20(10-15)30-24(28)31-32/h3-8,10-12,19,33H,9H2,1-2H3,(H2,28,31)(H,29,34)/t12-,19+/m1/s1. The number of aromatic nitrogens is 3. The maximum absolute atomic E-state index is 14.8. The van der Waals surface area contributed by atoms with Gasteiger partial charge in [-0.1, -0.05) is 23.7 Å². The Hall–Kier alpha value is -3.56. The first-order chi connectivity index (χ1) is 16.1. The van der Waals surface area contributed by atoms with Crippen molar-refractivity contribution in [1.82, 2.24) is 19.9 Å². The molecule has 0 aliphatic heterocycles. The Kier molecular flexibility index (Phi) is 6.49. The number of hydrogen-bond donors (Lipinski definition) is 3. The molecule has 4 aromatic rings. The fraction of sp³-hybridized carbons (Fsp3) is 0.208. The molecule has 0 fully saturated rings. The molecule has 176 valence electrons. The van der Waals surface area contributed by atoms with Crippen LogP contribution in [0.25, 0.3) is 16.8 Å². The van der Waals surface area contributed by atoms with Crippen LogP contribution in [0.3, 0.4) is 0 Å². The highest BCUT2D eigenvalue weighted by Crippen LogP contribution is 2.30. The summed E-state index contributed by atoms with van der Waals surface area (Å²) in [5, 5.41) is 17.7. The van der Waals surface area contributed by atoms with Crippen molar-refractivity contribution in [3.8, 4) is 11.1 Å². The Morgan fingerprint density at radius 1 is 1.21 bits per heavy atom. The maximum atomic E-state index is 14.8. The van der Waals surface area contributed by atoms with Gasteiger partial charge in [0.2, 0.25) is 5.95 Å². The third-order valence-electron chi connectivity index (χ3n) is 5.57. The van der Waals surface area contributed by atoms with Crippen LogP contribution >= 0.6 is 11.6 Å². The van der Waals surface area contributed by atoms with Crippen LogP contribution in [0.4, 0.5) is 14.7 Å². The maximum Gasteiger partial charge on any atom is 0.251 e. The van der Waals surface area contributed by atoms with Gasteiger partial charge in [0.25, 0.3) is 5.91 Å². The third kappa shape index (κ3) is 4.71. The van der Waals surface area contributed by atoms with Crippen molar-refractivity contribution in [3.05, 3.63) is 82.0 Å². The fourth-order valence-corrected chi connectivity index (χ4v) is 3.87. The number of hydrogen-bond acceptors (Lipinski definition) is 5. The van der Waals surface area contributed by atoms with E-state index < -0.39 is 29.7 Å². The molecule has 34 heavy (non-hydrogen) atoms. The molecule has 0 aliphatic carbocycles. The zero-order chi connectivity index (χ0) is 24.6. The lowest BCUT2D eigenvalue weighted by molar-refractivity contribution is 0.0915. The molecule has 2 aromatic heterocycles. The van der Waals surface area contributed by atoms with Crippen LogP contribution in [0.5, 0.6) is 0 Å². The minimum atomic E-state index is -1.11. The number of benzene rings is 2. The van der Waals surface area contributed by atoms with Crippen LogP contribution in [-0.4, -0.2) is 31.7 Å². The number of pyridine rings is 1. The monoisotopic (exact) mass is 485 g/mol. The summed E-state index contributed by atoms with van der Waals surface area (Å²) in [7, 11) is 0. The molecule has 1 amide bonds. The quantitative estimate of drug-likeness (QED) is 0.374. The summed E-state index contributed by atoms with van der Waals surface area (Å²) in [5.74, 6) is -2.72. The van der Waals surface area contributed by atoms with E-state index in [-0.39, 0.29) is 29.1 Å². The molecule has 0 saturated carbocycles. The number of anilines is 1. The number of carbonyl (C=O) groups excluding carboxylic acids is 1. The highest BCUT2D eigenvalue weighted by atomic mass is 35.5. The molecule has 2 atom stereocenters. The van der Waals surface area contributed by atoms with Gasteiger partial charge < -0.3 is 16.2 Å². The number of nitrogen functional groups attached to an aromatic ring is 1. The first-order valence-electron chi connectivity index (χ1n) is 10.5. The van der Waals surface area contributed by atoms with Crippen molar-refractivity contribution in [2.75, 3.05) is 5.73 Å².